The molecule has 2 aliphatic carbocycles. The van der Waals surface area contributed by atoms with E-state index in [0.29, 0.717) is 0 Å². The van der Waals surface area contributed by atoms with Crippen molar-refractivity contribution in [3.05, 3.63) is 42.0 Å². The van der Waals surface area contributed by atoms with E-state index < -0.39 is 23.2 Å². The van der Waals surface area contributed by atoms with Crippen LogP contribution in [0.4, 0.5) is 9.41 Å². The first-order valence-corrected chi connectivity index (χ1v) is 9.35. The maximum atomic E-state index is 2.39. The van der Waals surface area contributed by atoms with Crippen LogP contribution in [0, 0.1) is 0 Å². The number of allylic oxidation sites excluding steroid dienone is 8. The van der Waals surface area contributed by atoms with Gasteiger partial charge in [-0.1, -0.05) is 0 Å². The topological polar surface area (TPSA) is 0 Å². The fourth-order valence-electron chi connectivity index (χ4n) is 2.55. The third-order valence-electron chi connectivity index (χ3n) is 3.40. The summed E-state index contributed by atoms with van der Waals surface area (Å²) in [5, 5.41) is 0. The van der Waals surface area contributed by atoms with Gasteiger partial charge in [0.1, 0.15) is 0 Å². The van der Waals surface area contributed by atoms with E-state index in [2.05, 4.69) is 38.2 Å². The Morgan fingerprint density at radius 2 is 1.26 bits per heavy atom. The van der Waals surface area contributed by atoms with Crippen molar-refractivity contribution in [3.8, 4) is 0 Å². The Bertz CT molecular complexity index is 365. The summed E-state index contributed by atoms with van der Waals surface area (Å²) in [6.45, 7) is 4.58. The smallest absolute Gasteiger partial charge is 0.269 e. The molecule has 0 aromatic carbocycles. The van der Waals surface area contributed by atoms with Crippen molar-refractivity contribution >= 4 is 0 Å². The Morgan fingerprint density at radius 1 is 0.842 bits per heavy atom. The molecule has 0 fully saturated rings. The second-order valence-corrected chi connectivity index (χ2v) is 8.43. The van der Waals surface area contributed by atoms with Gasteiger partial charge in [-0.2, -0.15) is 0 Å². The molecule has 19 heavy (non-hydrogen) atoms. The summed E-state index contributed by atoms with van der Waals surface area (Å²) in [6, 6.07) is 0. The summed E-state index contributed by atoms with van der Waals surface area (Å²) in [5.74, 6) is 0. The zero-order valence-electron chi connectivity index (χ0n) is 11.9. The molecule has 0 nitrogen and oxygen atoms in total. The van der Waals surface area contributed by atoms with Gasteiger partial charge in [0.15, 0.2) is 0 Å². The van der Waals surface area contributed by atoms with Gasteiger partial charge in [-0.25, -0.2) is 0 Å². The van der Waals surface area contributed by atoms with E-state index in [0.717, 1.165) is 0 Å². The maximum absolute atomic E-state index is 2.39. The Labute approximate surface area is 127 Å². The predicted octanol–water partition coefficient (Wildman–Crippen LogP) is 5.40. The molecular weight excluding hydrogens is 321 g/mol. The zero-order valence-corrected chi connectivity index (χ0v) is 14.3. The Kier molecular flexibility index (Phi) is 9.43. The van der Waals surface area contributed by atoms with Crippen LogP contribution in [-0.4, -0.2) is 0 Å². The summed E-state index contributed by atoms with van der Waals surface area (Å²) >= 11 is -0.443. The van der Waals surface area contributed by atoms with Crippen LogP contribution >= 0.6 is 0 Å². The molecular formula is C16H24F2Zr. The van der Waals surface area contributed by atoms with E-state index in [1.165, 1.54) is 38.5 Å². The van der Waals surface area contributed by atoms with Crippen LogP contribution < -0.4 is 0 Å². The molecule has 0 heterocycles. The molecule has 2 aliphatic rings. The standard InChI is InChI=1S/2C8H11.2FH.Zr/c2*1-2-5-8-6-3-4-7-8;;;/h2*3,6H,2,4-5H2,1H3;2*1H;. The largest absolute Gasteiger partial charge is 0.269 e. The van der Waals surface area contributed by atoms with Gasteiger partial charge >= 0.3 is 118 Å². The first-order valence-electron chi connectivity index (χ1n) is 6.89. The van der Waals surface area contributed by atoms with Crippen molar-refractivity contribution < 1.29 is 32.6 Å². The molecule has 0 saturated heterocycles. The number of halogens is 2. The number of hydrogen-bond donors (Lipinski definition) is 0. The normalized spacial score (nSPS) is 16.7. The Morgan fingerprint density at radius 3 is 1.63 bits per heavy atom. The first-order chi connectivity index (χ1) is 8.35. The molecule has 0 aromatic rings. The summed E-state index contributed by atoms with van der Waals surface area (Å²) < 4.78 is 3.70. The maximum Gasteiger partial charge on any atom is -0.269 e. The fourth-order valence-corrected chi connectivity index (χ4v) is 6.34. The molecule has 2 rings (SSSR count). The third-order valence-corrected chi connectivity index (χ3v) is 7.46. The molecule has 0 spiro atoms. The van der Waals surface area contributed by atoms with E-state index >= 15 is 0 Å². The van der Waals surface area contributed by atoms with Crippen LogP contribution in [0.5, 0.6) is 0 Å². The fraction of sp³-hybridized carbons (Fsp3) is 0.500. The molecule has 0 aromatic heterocycles. The molecule has 0 saturated carbocycles. The van der Waals surface area contributed by atoms with Crippen LogP contribution in [0.15, 0.2) is 42.0 Å². The van der Waals surface area contributed by atoms with Gasteiger partial charge in [0.2, 0.25) is 0 Å². The quantitative estimate of drug-likeness (QED) is 0.604. The second-order valence-electron chi connectivity index (χ2n) is 4.85. The van der Waals surface area contributed by atoms with Crippen molar-refractivity contribution in [2.24, 2.45) is 0 Å². The van der Waals surface area contributed by atoms with Crippen molar-refractivity contribution in [1.29, 1.82) is 0 Å². The van der Waals surface area contributed by atoms with Gasteiger partial charge in [0.25, 0.3) is 0 Å². The van der Waals surface area contributed by atoms with Gasteiger partial charge < -0.3 is 0 Å². The molecule has 0 radical (unpaired) electrons. The van der Waals surface area contributed by atoms with E-state index in [9.17, 15) is 0 Å². The van der Waals surface area contributed by atoms with Gasteiger partial charge in [-0.15, -0.1) is 0 Å². The zero-order chi connectivity index (χ0) is 12.1. The van der Waals surface area contributed by atoms with Crippen LogP contribution in [0.25, 0.3) is 0 Å². The van der Waals surface area contributed by atoms with Crippen molar-refractivity contribution in [2.45, 2.75) is 52.4 Å². The van der Waals surface area contributed by atoms with Crippen molar-refractivity contribution in [3.63, 3.8) is 0 Å². The van der Waals surface area contributed by atoms with E-state index in [1.807, 2.05) is 6.56 Å². The minimum absolute atomic E-state index is 0. The summed E-state index contributed by atoms with van der Waals surface area (Å²) in [7, 11) is 0. The Hall–Kier alpha value is -0.297. The van der Waals surface area contributed by atoms with Crippen LogP contribution in [0.2, 0.25) is 0 Å². The molecule has 0 aliphatic heterocycles. The molecule has 106 valence electrons. The van der Waals surface area contributed by atoms with Crippen molar-refractivity contribution in [1.82, 2.24) is 0 Å². The third kappa shape index (κ3) is 4.95. The van der Waals surface area contributed by atoms with Gasteiger partial charge in [0.05, 0.1) is 0 Å². The molecule has 3 heteroatoms. The van der Waals surface area contributed by atoms with Crippen LogP contribution in [0.1, 0.15) is 52.4 Å². The molecule has 0 amide bonds. The number of rotatable bonds is 6. The minimum atomic E-state index is -0.443. The van der Waals surface area contributed by atoms with Crippen LogP contribution in [-0.2, 0) is 23.2 Å². The van der Waals surface area contributed by atoms with E-state index in [4.69, 9.17) is 0 Å². The monoisotopic (exact) mass is 344 g/mol. The summed E-state index contributed by atoms with van der Waals surface area (Å²) in [6.07, 6.45) is 17.3. The van der Waals surface area contributed by atoms with Gasteiger partial charge in [-0.3, -0.25) is 9.41 Å². The van der Waals surface area contributed by atoms with Crippen LogP contribution in [0.3, 0.4) is 0 Å². The predicted molar refractivity (Wildman–Crippen MR) is 76.4 cm³/mol. The average molecular weight is 346 g/mol. The first kappa shape index (κ1) is 18.7. The molecule has 0 atom stereocenters. The summed E-state index contributed by atoms with van der Waals surface area (Å²) in [4.78, 5) is 0. The van der Waals surface area contributed by atoms with Crippen molar-refractivity contribution in [2.75, 3.05) is 0 Å². The number of hydrogen-bond acceptors (Lipinski definition) is 0. The molecule has 0 N–H and O–H groups in total. The van der Waals surface area contributed by atoms with E-state index in [1.54, 1.807) is 11.1 Å². The molecule has 0 unspecified atom stereocenters. The second kappa shape index (κ2) is 9.58. The Balaban J connectivity index is 0.00000162. The van der Waals surface area contributed by atoms with E-state index in [-0.39, 0.29) is 9.41 Å². The SMILES string of the molecule is CCCC1=[C]([Zr][C]2=C(CCC)C=CC2)CC=C1.F.F. The summed E-state index contributed by atoms with van der Waals surface area (Å²) in [5.41, 5.74) is 3.38. The minimum Gasteiger partial charge on any atom is -0.269 e. The average Bonchev–Trinajstić information content (AvgIpc) is 2.92. The van der Waals surface area contributed by atoms with Gasteiger partial charge in [0, 0.05) is 0 Å². The van der Waals surface area contributed by atoms with Gasteiger partial charge in [-0.05, 0) is 0 Å². The molecule has 0 bridgehead atoms.